The molecule has 1 fully saturated rings. The molecule has 1 aliphatic rings. The fourth-order valence-corrected chi connectivity index (χ4v) is 3.57. The second kappa shape index (κ2) is 7.52. The molecular formula is C19H28N2O4. The van der Waals surface area contributed by atoms with Gasteiger partial charge < -0.3 is 14.7 Å². The highest BCUT2D eigenvalue weighted by Gasteiger charge is 2.52. The largest absolute Gasteiger partial charge is 0.478 e. The highest BCUT2D eigenvalue weighted by molar-refractivity contribution is 5.94. The van der Waals surface area contributed by atoms with E-state index in [1.807, 2.05) is 18.7 Å². The van der Waals surface area contributed by atoms with Gasteiger partial charge in [0.2, 0.25) is 0 Å². The molecule has 0 spiro atoms. The fraction of sp³-hybridized carbons (Fsp3) is 0.632. The molecule has 1 aromatic heterocycles. The molecule has 6 heteroatoms. The van der Waals surface area contributed by atoms with Crippen LogP contribution in [-0.4, -0.2) is 52.2 Å². The summed E-state index contributed by atoms with van der Waals surface area (Å²) in [5.74, 6) is -1.18. The number of nitrogens with zero attached hydrogens (tertiary/aromatic N) is 2. The summed E-state index contributed by atoms with van der Waals surface area (Å²) in [5, 5.41) is 9.12. The van der Waals surface area contributed by atoms with Crippen LogP contribution < -0.4 is 0 Å². The molecule has 0 radical (unpaired) electrons. The Labute approximate surface area is 149 Å². The van der Waals surface area contributed by atoms with Gasteiger partial charge in [-0.15, -0.1) is 0 Å². The second-order valence-corrected chi connectivity index (χ2v) is 7.15. The Morgan fingerprint density at radius 1 is 1.36 bits per heavy atom. The maximum absolute atomic E-state index is 13.0. The minimum Gasteiger partial charge on any atom is -0.478 e. The second-order valence-electron chi connectivity index (χ2n) is 7.15. The van der Waals surface area contributed by atoms with Gasteiger partial charge in [0.15, 0.2) is 0 Å². The van der Waals surface area contributed by atoms with E-state index in [0.29, 0.717) is 24.5 Å². The van der Waals surface area contributed by atoms with Gasteiger partial charge in [-0.05, 0) is 38.8 Å². The highest BCUT2D eigenvalue weighted by atomic mass is 16.5. The van der Waals surface area contributed by atoms with Gasteiger partial charge in [0.1, 0.15) is 5.69 Å². The number of aromatic nitrogens is 1. The number of aryl methyl sites for hydroxylation is 1. The topological polar surface area (TPSA) is 79.7 Å². The number of carbonyl (C=O) groups excluding carboxylic acids is 1. The van der Waals surface area contributed by atoms with Crippen LogP contribution in [0.1, 0.15) is 67.1 Å². The number of pyridine rings is 1. The molecule has 0 bridgehead atoms. The van der Waals surface area contributed by atoms with Gasteiger partial charge in [-0.2, -0.15) is 0 Å². The average molecular weight is 348 g/mol. The molecule has 6 nitrogen and oxygen atoms in total. The number of aromatic carboxylic acids is 1. The summed E-state index contributed by atoms with van der Waals surface area (Å²) in [6, 6.07) is 3.06. The van der Waals surface area contributed by atoms with E-state index in [1.165, 1.54) is 12.1 Å². The number of carboxylic acids is 1. The van der Waals surface area contributed by atoms with Crippen LogP contribution in [0.25, 0.3) is 0 Å². The Morgan fingerprint density at radius 3 is 2.52 bits per heavy atom. The van der Waals surface area contributed by atoms with Crippen molar-refractivity contribution >= 4 is 11.9 Å². The smallest absolute Gasteiger partial charge is 0.337 e. The molecule has 1 aromatic rings. The monoisotopic (exact) mass is 348 g/mol. The number of ether oxygens (including phenoxy) is 1. The summed E-state index contributed by atoms with van der Waals surface area (Å²) in [5.41, 5.74) is 0.664. The minimum absolute atomic E-state index is 0.0951. The van der Waals surface area contributed by atoms with Gasteiger partial charge in [-0.3, -0.25) is 4.79 Å². The zero-order valence-corrected chi connectivity index (χ0v) is 15.7. The Balaban J connectivity index is 2.25. The van der Waals surface area contributed by atoms with Crippen molar-refractivity contribution in [3.05, 3.63) is 29.1 Å². The number of hydrogen-bond donors (Lipinski definition) is 1. The lowest BCUT2D eigenvalue weighted by molar-refractivity contribution is -0.140. The summed E-state index contributed by atoms with van der Waals surface area (Å²) < 4.78 is 5.78. The summed E-state index contributed by atoms with van der Waals surface area (Å²) in [6.45, 7) is 11.2. The normalized spacial score (nSPS) is 21.5. The predicted octanol–water partition coefficient (Wildman–Crippen LogP) is 3.14. The fourth-order valence-electron chi connectivity index (χ4n) is 3.57. The number of carbonyl (C=O) groups is 2. The summed E-state index contributed by atoms with van der Waals surface area (Å²) in [6.07, 6.45) is 1.82. The first-order valence-corrected chi connectivity index (χ1v) is 8.87. The van der Waals surface area contributed by atoms with Crippen LogP contribution in [0, 0.1) is 12.3 Å². The number of amides is 1. The van der Waals surface area contributed by atoms with E-state index in [-0.39, 0.29) is 29.0 Å². The molecule has 0 saturated heterocycles. The lowest BCUT2D eigenvalue weighted by Gasteiger charge is -2.55. The van der Waals surface area contributed by atoms with Gasteiger partial charge >= 0.3 is 5.97 Å². The molecule has 138 valence electrons. The van der Waals surface area contributed by atoms with E-state index < -0.39 is 5.97 Å². The molecule has 0 aliphatic heterocycles. The van der Waals surface area contributed by atoms with Crippen molar-refractivity contribution in [2.45, 2.75) is 59.6 Å². The Hall–Kier alpha value is -1.95. The Bertz CT molecular complexity index is 657. The van der Waals surface area contributed by atoms with E-state index >= 15 is 0 Å². The molecule has 0 aromatic carbocycles. The molecule has 1 saturated carbocycles. The van der Waals surface area contributed by atoms with Gasteiger partial charge in [-0.1, -0.05) is 20.8 Å². The van der Waals surface area contributed by atoms with Gasteiger partial charge in [0.25, 0.3) is 5.91 Å². The zero-order chi connectivity index (χ0) is 18.8. The molecule has 1 aliphatic carbocycles. The molecule has 1 amide bonds. The minimum atomic E-state index is -1.03. The number of carboxylic acid groups (broad SMARTS) is 1. The Morgan fingerprint density at radius 2 is 2.04 bits per heavy atom. The van der Waals surface area contributed by atoms with E-state index in [4.69, 9.17) is 9.84 Å². The van der Waals surface area contributed by atoms with E-state index in [0.717, 1.165) is 12.8 Å². The van der Waals surface area contributed by atoms with Crippen molar-refractivity contribution in [2.24, 2.45) is 5.41 Å². The lowest BCUT2D eigenvalue weighted by Crippen LogP contribution is -2.63. The summed E-state index contributed by atoms with van der Waals surface area (Å²) in [4.78, 5) is 30.3. The molecule has 1 N–H and O–H groups in total. The molecule has 2 rings (SSSR count). The molecular weight excluding hydrogens is 320 g/mol. The molecule has 1 heterocycles. The zero-order valence-electron chi connectivity index (χ0n) is 15.7. The van der Waals surface area contributed by atoms with Crippen molar-refractivity contribution in [3.63, 3.8) is 0 Å². The van der Waals surface area contributed by atoms with E-state index in [2.05, 4.69) is 18.8 Å². The lowest BCUT2D eigenvalue weighted by atomic mass is 9.63. The molecule has 2 unspecified atom stereocenters. The van der Waals surface area contributed by atoms with Crippen molar-refractivity contribution in [1.82, 2.24) is 9.88 Å². The summed E-state index contributed by atoms with van der Waals surface area (Å²) >= 11 is 0. The van der Waals surface area contributed by atoms with Crippen LogP contribution in [0.2, 0.25) is 0 Å². The van der Waals surface area contributed by atoms with Crippen molar-refractivity contribution in [1.29, 1.82) is 0 Å². The quantitative estimate of drug-likeness (QED) is 0.819. The predicted molar refractivity (Wildman–Crippen MR) is 94.9 cm³/mol. The van der Waals surface area contributed by atoms with Gasteiger partial charge in [-0.25, -0.2) is 9.78 Å². The number of rotatable bonds is 7. The van der Waals surface area contributed by atoms with Crippen LogP contribution in [0.5, 0.6) is 0 Å². The van der Waals surface area contributed by atoms with E-state index in [1.54, 1.807) is 6.92 Å². The first-order valence-electron chi connectivity index (χ1n) is 8.87. The third kappa shape index (κ3) is 3.68. The van der Waals surface area contributed by atoms with Crippen molar-refractivity contribution < 1.29 is 19.4 Å². The molecule has 2 atom stereocenters. The van der Waals surface area contributed by atoms with E-state index in [9.17, 15) is 9.59 Å². The van der Waals surface area contributed by atoms with Crippen molar-refractivity contribution in [3.8, 4) is 0 Å². The Kier molecular flexibility index (Phi) is 5.83. The molecule has 25 heavy (non-hydrogen) atoms. The van der Waals surface area contributed by atoms with Crippen LogP contribution >= 0.6 is 0 Å². The van der Waals surface area contributed by atoms with Crippen LogP contribution in [0.15, 0.2) is 12.1 Å². The van der Waals surface area contributed by atoms with Crippen LogP contribution in [0.4, 0.5) is 0 Å². The van der Waals surface area contributed by atoms with Gasteiger partial charge in [0.05, 0.1) is 17.4 Å². The highest BCUT2D eigenvalue weighted by Crippen LogP contribution is 2.46. The number of hydrogen-bond acceptors (Lipinski definition) is 4. The SMILES string of the molecule is CCCN(C(=O)c1ccc(C(=O)O)c(C)n1)C1CC(OCC)C1(C)C. The first-order chi connectivity index (χ1) is 11.7. The van der Waals surface area contributed by atoms with Crippen LogP contribution in [0.3, 0.4) is 0 Å². The third-order valence-electron chi connectivity index (χ3n) is 5.13. The first kappa shape index (κ1) is 19.4. The van der Waals surface area contributed by atoms with Gasteiger partial charge in [0, 0.05) is 24.6 Å². The maximum atomic E-state index is 13.0. The standard InChI is InChI=1S/C19H28N2O4/c1-6-10-21(15-11-16(25-7-2)19(15,4)5)17(22)14-9-8-13(18(23)24)12(3)20-14/h8-9,15-16H,6-7,10-11H2,1-5H3,(H,23,24). The summed E-state index contributed by atoms with van der Waals surface area (Å²) in [7, 11) is 0. The maximum Gasteiger partial charge on any atom is 0.337 e. The van der Waals surface area contributed by atoms with Crippen LogP contribution in [-0.2, 0) is 4.74 Å². The van der Waals surface area contributed by atoms with Crippen molar-refractivity contribution in [2.75, 3.05) is 13.2 Å². The average Bonchev–Trinajstić information content (AvgIpc) is 2.55. The third-order valence-corrected chi connectivity index (χ3v) is 5.13.